The molecule has 0 aliphatic carbocycles. The van der Waals surface area contributed by atoms with Gasteiger partial charge in [0, 0.05) is 5.38 Å². The maximum atomic E-state index is 13.4. The highest BCUT2D eigenvalue weighted by Gasteiger charge is 2.19. The van der Waals surface area contributed by atoms with Crippen LogP contribution in [-0.4, -0.2) is 24.5 Å². The number of hydrogen-bond acceptors (Lipinski definition) is 5. The molecule has 0 saturated carbocycles. The Kier molecular flexibility index (Phi) is 4.12. The van der Waals surface area contributed by atoms with E-state index in [4.69, 9.17) is 5.11 Å². The highest BCUT2D eigenvalue weighted by atomic mass is 32.2. The minimum Gasteiger partial charge on any atom is -0.476 e. The third-order valence-corrected chi connectivity index (χ3v) is 4.59. The van der Waals surface area contributed by atoms with Gasteiger partial charge in [0.2, 0.25) is 10.0 Å². The van der Waals surface area contributed by atoms with Gasteiger partial charge in [-0.3, -0.25) is 0 Å². The topological polar surface area (TPSA) is 96.4 Å². The molecule has 0 atom stereocenters. The number of aromatic carboxylic acids is 1. The molecular formula is C11H9FN2O4S2. The first kappa shape index (κ1) is 14.6. The van der Waals surface area contributed by atoms with Crippen LogP contribution in [0.1, 0.15) is 15.5 Å². The molecule has 0 fully saturated rings. The lowest BCUT2D eigenvalue weighted by Gasteiger charge is -2.05. The largest absolute Gasteiger partial charge is 0.476 e. The summed E-state index contributed by atoms with van der Waals surface area (Å²) in [5.41, 5.74) is -0.157. The molecule has 0 aliphatic rings. The van der Waals surface area contributed by atoms with Crippen molar-refractivity contribution in [3.05, 3.63) is 46.2 Å². The molecule has 0 radical (unpaired) electrons. The van der Waals surface area contributed by atoms with Crippen molar-refractivity contribution in [2.75, 3.05) is 0 Å². The predicted octanol–water partition coefficient (Wildman–Crippen LogP) is 1.46. The molecule has 106 valence electrons. The Balaban J connectivity index is 2.13. The smallest absolute Gasteiger partial charge is 0.355 e. The van der Waals surface area contributed by atoms with Gasteiger partial charge in [0.1, 0.15) is 15.7 Å². The first-order valence-corrected chi connectivity index (χ1v) is 7.68. The van der Waals surface area contributed by atoms with Gasteiger partial charge in [-0.15, -0.1) is 11.3 Å². The van der Waals surface area contributed by atoms with E-state index in [1.807, 2.05) is 0 Å². The van der Waals surface area contributed by atoms with Gasteiger partial charge in [-0.1, -0.05) is 12.1 Å². The van der Waals surface area contributed by atoms with E-state index in [9.17, 15) is 17.6 Å². The number of carboxylic acids is 1. The highest BCUT2D eigenvalue weighted by molar-refractivity contribution is 7.89. The van der Waals surface area contributed by atoms with Crippen molar-refractivity contribution in [3.8, 4) is 0 Å². The summed E-state index contributed by atoms with van der Waals surface area (Å²) in [5.74, 6) is -2.05. The van der Waals surface area contributed by atoms with Crippen molar-refractivity contribution < 1.29 is 22.7 Å². The third-order valence-electron chi connectivity index (χ3n) is 2.31. The first-order chi connectivity index (χ1) is 9.40. The second-order valence-corrected chi connectivity index (χ2v) is 6.36. The lowest BCUT2D eigenvalue weighted by Crippen LogP contribution is -2.24. The minimum absolute atomic E-state index is 0.157. The van der Waals surface area contributed by atoms with E-state index in [-0.39, 0.29) is 17.2 Å². The quantitative estimate of drug-likeness (QED) is 0.870. The Morgan fingerprint density at radius 3 is 2.70 bits per heavy atom. The molecule has 0 unspecified atom stereocenters. The van der Waals surface area contributed by atoms with Gasteiger partial charge in [-0.2, -0.15) is 0 Å². The van der Waals surface area contributed by atoms with Crippen LogP contribution in [0.4, 0.5) is 4.39 Å². The fraction of sp³-hybridized carbons (Fsp3) is 0.0909. The molecule has 0 saturated heterocycles. The summed E-state index contributed by atoms with van der Waals surface area (Å²) in [6, 6.07) is 4.97. The lowest BCUT2D eigenvalue weighted by molar-refractivity contribution is 0.0691. The molecule has 2 rings (SSSR count). The SMILES string of the molecule is O=C(O)c1csc(CNS(=O)(=O)c2ccccc2F)n1. The number of aromatic nitrogens is 1. The Hall–Kier alpha value is -1.84. The number of nitrogens with one attached hydrogen (secondary N) is 1. The van der Waals surface area contributed by atoms with Crippen LogP contribution >= 0.6 is 11.3 Å². The van der Waals surface area contributed by atoms with Gasteiger partial charge in [0.05, 0.1) is 6.54 Å². The van der Waals surface area contributed by atoms with Crippen LogP contribution in [0.3, 0.4) is 0 Å². The van der Waals surface area contributed by atoms with Crippen LogP contribution in [0.25, 0.3) is 0 Å². The molecule has 2 N–H and O–H groups in total. The van der Waals surface area contributed by atoms with Crippen molar-refractivity contribution >= 4 is 27.3 Å². The number of thiazole rings is 1. The van der Waals surface area contributed by atoms with Gasteiger partial charge in [0.15, 0.2) is 5.69 Å². The molecule has 1 heterocycles. The summed E-state index contributed by atoms with van der Waals surface area (Å²) in [6.07, 6.45) is 0. The fourth-order valence-electron chi connectivity index (χ4n) is 1.39. The molecule has 1 aromatic carbocycles. The zero-order valence-electron chi connectivity index (χ0n) is 9.91. The Morgan fingerprint density at radius 1 is 1.40 bits per heavy atom. The maximum Gasteiger partial charge on any atom is 0.355 e. The summed E-state index contributed by atoms with van der Waals surface area (Å²) in [4.78, 5) is 13.9. The summed E-state index contributed by atoms with van der Waals surface area (Å²) in [5, 5.41) is 10.3. The van der Waals surface area contributed by atoms with Crippen molar-refractivity contribution in [3.63, 3.8) is 0 Å². The van der Waals surface area contributed by atoms with Gasteiger partial charge < -0.3 is 5.11 Å². The van der Waals surface area contributed by atoms with Gasteiger partial charge in [-0.05, 0) is 12.1 Å². The Bertz CT molecular complexity index is 742. The first-order valence-electron chi connectivity index (χ1n) is 5.32. The molecule has 9 heteroatoms. The van der Waals surface area contributed by atoms with Crippen LogP contribution in [0.15, 0.2) is 34.5 Å². The summed E-state index contributed by atoms with van der Waals surface area (Å²) < 4.78 is 39.3. The summed E-state index contributed by atoms with van der Waals surface area (Å²) >= 11 is 1.01. The highest BCUT2D eigenvalue weighted by Crippen LogP contribution is 2.15. The standard InChI is InChI=1S/C11H9FN2O4S2/c12-7-3-1-2-4-9(7)20(17,18)13-5-10-14-8(6-19-10)11(15)16/h1-4,6,13H,5H2,(H,15,16). The van der Waals surface area contributed by atoms with E-state index >= 15 is 0 Å². The number of carbonyl (C=O) groups is 1. The average Bonchev–Trinajstić information content (AvgIpc) is 2.86. The maximum absolute atomic E-state index is 13.4. The van der Waals surface area contributed by atoms with Crippen molar-refractivity contribution in [2.45, 2.75) is 11.4 Å². The number of benzene rings is 1. The van der Waals surface area contributed by atoms with E-state index in [2.05, 4.69) is 9.71 Å². The Morgan fingerprint density at radius 2 is 2.10 bits per heavy atom. The van der Waals surface area contributed by atoms with Crippen molar-refractivity contribution in [2.24, 2.45) is 0 Å². The second kappa shape index (κ2) is 5.65. The molecule has 0 spiro atoms. The third kappa shape index (κ3) is 3.18. The summed E-state index contributed by atoms with van der Waals surface area (Å²) in [6.45, 7) is -0.200. The van der Waals surface area contributed by atoms with Crippen LogP contribution in [-0.2, 0) is 16.6 Å². The minimum atomic E-state index is -4.01. The van der Waals surface area contributed by atoms with Crippen LogP contribution in [0.5, 0.6) is 0 Å². The van der Waals surface area contributed by atoms with Crippen LogP contribution in [0, 0.1) is 5.82 Å². The molecule has 6 nitrogen and oxygen atoms in total. The van der Waals surface area contributed by atoms with Crippen LogP contribution in [0.2, 0.25) is 0 Å². The molecule has 0 amide bonds. The number of hydrogen-bond donors (Lipinski definition) is 2. The summed E-state index contributed by atoms with van der Waals surface area (Å²) in [7, 11) is -4.01. The van der Waals surface area contributed by atoms with Crippen LogP contribution < -0.4 is 4.72 Å². The number of sulfonamides is 1. The molecular weight excluding hydrogens is 307 g/mol. The zero-order valence-corrected chi connectivity index (χ0v) is 11.5. The lowest BCUT2D eigenvalue weighted by atomic mass is 10.4. The second-order valence-electron chi connectivity index (χ2n) is 3.69. The van der Waals surface area contributed by atoms with E-state index in [0.29, 0.717) is 0 Å². The number of halogens is 1. The van der Waals surface area contributed by atoms with Gasteiger partial charge in [-0.25, -0.2) is 27.3 Å². The van der Waals surface area contributed by atoms with Crippen molar-refractivity contribution in [1.82, 2.24) is 9.71 Å². The zero-order chi connectivity index (χ0) is 14.8. The number of nitrogens with zero attached hydrogens (tertiary/aromatic N) is 1. The van der Waals surface area contributed by atoms with Crippen molar-refractivity contribution in [1.29, 1.82) is 0 Å². The number of carboxylic acid groups (broad SMARTS) is 1. The predicted molar refractivity (Wildman–Crippen MR) is 69.5 cm³/mol. The fourth-order valence-corrected chi connectivity index (χ4v) is 3.25. The van der Waals surface area contributed by atoms with Gasteiger partial charge in [0.25, 0.3) is 0 Å². The van der Waals surface area contributed by atoms with E-state index in [1.165, 1.54) is 17.5 Å². The van der Waals surface area contributed by atoms with E-state index in [1.54, 1.807) is 0 Å². The monoisotopic (exact) mass is 316 g/mol. The number of rotatable bonds is 5. The average molecular weight is 316 g/mol. The van der Waals surface area contributed by atoms with E-state index < -0.39 is 26.7 Å². The molecule has 1 aromatic heterocycles. The Labute approximate surface area is 118 Å². The molecule has 0 bridgehead atoms. The molecule has 2 aromatic rings. The molecule has 20 heavy (non-hydrogen) atoms. The molecule has 0 aliphatic heterocycles. The van der Waals surface area contributed by atoms with Gasteiger partial charge >= 0.3 is 5.97 Å². The van der Waals surface area contributed by atoms with E-state index in [0.717, 1.165) is 23.5 Å². The normalized spacial score (nSPS) is 11.4.